The van der Waals surface area contributed by atoms with Gasteiger partial charge in [0.05, 0.1) is 0 Å². The highest BCUT2D eigenvalue weighted by Gasteiger charge is 2.21. The lowest BCUT2D eigenvalue weighted by atomic mass is 10.1. The van der Waals surface area contributed by atoms with Crippen molar-refractivity contribution in [2.75, 3.05) is 13.1 Å². The number of halogens is 1. The molecule has 1 aromatic heterocycles. The summed E-state index contributed by atoms with van der Waals surface area (Å²) < 4.78 is 5.67. The zero-order valence-corrected chi connectivity index (χ0v) is 12.3. The molecule has 1 fully saturated rings. The van der Waals surface area contributed by atoms with Crippen LogP contribution in [0.4, 0.5) is 0 Å². The van der Waals surface area contributed by atoms with Gasteiger partial charge >= 0.3 is 0 Å². The molecule has 2 heterocycles. The summed E-state index contributed by atoms with van der Waals surface area (Å²) >= 11 is 0. The van der Waals surface area contributed by atoms with Crippen molar-refractivity contribution in [1.82, 2.24) is 10.6 Å². The quantitative estimate of drug-likeness (QED) is 0.895. The smallest absolute Gasteiger partial charge is 0.287 e. The zero-order valence-electron chi connectivity index (χ0n) is 11.4. The minimum atomic E-state index is -0.0967. The predicted octanol–water partition coefficient (Wildman–Crippen LogP) is 2.64. The molecule has 0 aliphatic carbocycles. The van der Waals surface area contributed by atoms with Gasteiger partial charge in [-0.1, -0.05) is 18.2 Å². The van der Waals surface area contributed by atoms with E-state index >= 15 is 0 Å². The molecule has 5 heteroatoms. The molecule has 4 nitrogen and oxygen atoms in total. The molecule has 2 N–H and O–H groups in total. The second kappa shape index (κ2) is 6.29. The standard InChI is InChI=1S/C15H18N2O2.ClH/c1-10-12-4-2-3-5-13(12)19-14(10)15(18)17-11-6-8-16-9-7-11;/h2-5,11,16H,6-9H2,1H3,(H,17,18);1H. The average Bonchev–Trinajstić information content (AvgIpc) is 2.78. The number of amides is 1. The van der Waals surface area contributed by atoms with Crippen molar-refractivity contribution in [1.29, 1.82) is 0 Å². The summed E-state index contributed by atoms with van der Waals surface area (Å²) in [5.74, 6) is 0.348. The third-order valence-corrected chi connectivity index (χ3v) is 3.72. The van der Waals surface area contributed by atoms with Gasteiger partial charge in [-0.15, -0.1) is 12.4 Å². The van der Waals surface area contributed by atoms with Gasteiger partial charge in [-0.2, -0.15) is 0 Å². The van der Waals surface area contributed by atoms with E-state index in [9.17, 15) is 4.79 Å². The van der Waals surface area contributed by atoms with Gasteiger partial charge in [0, 0.05) is 17.0 Å². The molecular formula is C15H19ClN2O2. The first-order valence-corrected chi connectivity index (χ1v) is 6.75. The fourth-order valence-electron chi connectivity index (χ4n) is 2.61. The molecule has 0 saturated carbocycles. The van der Waals surface area contributed by atoms with Crippen LogP contribution in [-0.2, 0) is 0 Å². The number of rotatable bonds is 2. The molecule has 1 aliphatic heterocycles. The Morgan fingerprint density at radius 2 is 2.00 bits per heavy atom. The van der Waals surface area contributed by atoms with Crippen LogP contribution in [0, 0.1) is 6.92 Å². The molecule has 3 rings (SSSR count). The maximum absolute atomic E-state index is 12.3. The Kier molecular flexibility index (Phi) is 4.68. The number of para-hydroxylation sites is 1. The maximum atomic E-state index is 12.3. The lowest BCUT2D eigenvalue weighted by Gasteiger charge is -2.23. The van der Waals surface area contributed by atoms with Crippen LogP contribution in [0.1, 0.15) is 29.0 Å². The van der Waals surface area contributed by atoms with Crippen molar-refractivity contribution >= 4 is 29.3 Å². The van der Waals surface area contributed by atoms with Crippen LogP contribution in [0.15, 0.2) is 28.7 Å². The van der Waals surface area contributed by atoms with E-state index in [1.165, 1.54) is 0 Å². The summed E-state index contributed by atoms with van der Waals surface area (Å²) in [6.45, 7) is 3.86. The average molecular weight is 295 g/mol. The fraction of sp³-hybridized carbons (Fsp3) is 0.400. The van der Waals surface area contributed by atoms with E-state index in [0.717, 1.165) is 42.5 Å². The van der Waals surface area contributed by atoms with Gasteiger partial charge in [0.25, 0.3) is 5.91 Å². The van der Waals surface area contributed by atoms with Crippen molar-refractivity contribution in [2.24, 2.45) is 0 Å². The van der Waals surface area contributed by atoms with Crippen LogP contribution < -0.4 is 10.6 Å². The van der Waals surface area contributed by atoms with Gasteiger partial charge in [0.2, 0.25) is 0 Å². The summed E-state index contributed by atoms with van der Waals surface area (Å²) in [6.07, 6.45) is 1.95. The van der Waals surface area contributed by atoms with Gasteiger partial charge < -0.3 is 15.1 Å². The highest BCUT2D eigenvalue weighted by atomic mass is 35.5. The summed E-state index contributed by atoms with van der Waals surface area (Å²) in [4.78, 5) is 12.3. The number of fused-ring (bicyclic) bond motifs is 1. The van der Waals surface area contributed by atoms with E-state index in [1.807, 2.05) is 31.2 Å². The fourth-order valence-corrected chi connectivity index (χ4v) is 2.61. The number of carbonyl (C=O) groups is 1. The first kappa shape index (κ1) is 14.9. The molecule has 0 radical (unpaired) electrons. The van der Waals surface area contributed by atoms with Crippen molar-refractivity contribution in [3.63, 3.8) is 0 Å². The summed E-state index contributed by atoms with van der Waals surface area (Å²) in [7, 11) is 0. The Labute approximate surface area is 124 Å². The second-order valence-corrected chi connectivity index (χ2v) is 5.05. The van der Waals surface area contributed by atoms with Crippen LogP contribution in [0.3, 0.4) is 0 Å². The molecular weight excluding hydrogens is 276 g/mol. The van der Waals surface area contributed by atoms with E-state index in [2.05, 4.69) is 10.6 Å². The molecule has 1 aliphatic rings. The van der Waals surface area contributed by atoms with E-state index in [-0.39, 0.29) is 24.4 Å². The molecule has 1 saturated heterocycles. The Balaban J connectivity index is 0.00000147. The summed E-state index contributed by atoms with van der Waals surface area (Å²) in [5.41, 5.74) is 1.69. The predicted molar refractivity (Wildman–Crippen MR) is 81.6 cm³/mol. The largest absolute Gasteiger partial charge is 0.451 e. The number of furan rings is 1. The molecule has 108 valence electrons. The Morgan fingerprint density at radius 3 is 2.70 bits per heavy atom. The van der Waals surface area contributed by atoms with Crippen LogP contribution in [0.2, 0.25) is 0 Å². The van der Waals surface area contributed by atoms with Crippen LogP contribution in [0.25, 0.3) is 11.0 Å². The molecule has 1 amide bonds. The highest BCUT2D eigenvalue weighted by Crippen LogP contribution is 2.24. The third-order valence-electron chi connectivity index (χ3n) is 3.72. The molecule has 2 aromatic rings. The SMILES string of the molecule is Cc1c(C(=O)NC2CCNCC2)oc2ccccc12.Cl. The van der Waals surface area contributed by atoms with E-state index in [1.54, 1.807) is 0 Å². The number of nitrogens with one attached hydrogen (secondary N) is 2. The minimum Gasteiger partial charge on any atom is -0.451 e. The Hall–Kier alpha value is -1.52. The number of piperidine rings is 1. The number of hydrogen-bond acceptors (Lipinski definition) is 3. The molecule has 1 aromatic carbocycles. The molecule has 0 bridgehead atoms. The van der Waals surface area contributed by atoms with Crippen LogP contribution >= 0.6 is 12.4 Å². The lowest BCUT2D eigenvalue weighted by Crippen LogP contribution is -2.42. The maximum Gasteiger partial charge on any atom is 0.287 e. The van der Waals surface area contributed by atoms with Gasteiger partial charge in [0.15, 0.2) is 5.76 Å². The van der Waals surface area contributed by atoms with Crippen molar-refractivity contribution < 1.29 is 9.21 Å². The van der Waals surface area contributed by atoms with Crippen molar-refractivity contribution in [3.05, 3.63) is 35.6 Å². The number of carbonyl (C=O) groups excluding carboxylic acids is 1. The van der Waals surface area contributed by atoms with Gasteiger partial charge in [-0.3, -0.25) is 4.79 Å². The highest BCUT2D eigenvalue weighted by molar-refractivity contribution is 5.99. The first-order valence-electron chi connectivity index (χ1n) is 6.75. The van der Waals surface area contributed by atoms with Gasteiger partial charge in [0.1, 0.15) is 5.58 Å². The lowest BCUT2D eigenvalue weighted by molar-refractivity contribution is 0.0902. The third kappa shape index (κ3) is 2.81. The molecule has 0 spiro atoms. The van der Waals surface area contributed by atoms with Crippen LogP contribution in [0.5, 0.6) is 0 Å². The number of hydrogen-bond donors (Lipinski definition) is 2. The second-order valence-electron chi connectivity index (χ2n) is 5.05. The molecule has 0 unspecified atom stereocenters. The van der Waals surface area contributed by atoms with Gasteiger partial charge in [-0.25, -0.2) is 0 Å². The number of aryl methyl sites for hydroxylation is 1. The summed E-state index contributed by atoms with van der Waals surface area (Å²) in [5, 5.41) is 7.36. The van der Waals surface area contributed by atoms with Crippen molar-refractivity contribution in [2.45, 2.75) is 25.8 Å². The Morgan fingerprint density at radius 1 is 1.30 bits per heavy atom. The molecule has 0 atom stereocenters. The number of benzene rings is 1. The van der Waals surface area contributed by atoms with Crippen molar-refractivity contribution in [3.8, 4) is 0 Å². The van der Waals surface area contributed by atoms with E-state index in [4.69, 9.17) is 4.42 Å². The summed E-state index contributed by atoms with van der Waals surface area (Å²) in [6, 6.07) is 8.00. The minimum absolute atomic E-state index is 0. The molecule has 20 heavy (non-hydrogen) atoms. The first-order chi connectivity index (χ1) is 9.25. The van der Waals surface area contributed by atoms with E-state index in [0.29, 0.717) is 5.76 Å². The normalized spacial score (nSPS) is 15.8. The Bertz CT molecular complexity index is 603. The monoisotopic (exact) mass is 294 g/mol. The topological polar surface area (TPSA) is 54.3 Å². The van der Waals surface area contributed by atoms with Crippen LogP contribution in [-0.4, -0.2) is 25.0 Å². The van der Waals surface area contributed by atoms with Gasteiger partial charge in [-0.05, 0) is 38.9 Å². The zero-order chi connectivity index (χ0) is 13.2. The van der Waals surface area contributed by atoms with E-state index < -0.39 is 0 Å².